The Morgan fingerprint density at radius 1 is 1.40 bits per heavy atom. The minimum Gasteiger partial charge on any atom is -0.408 e. The van der Waals surface area contributed by atoms with Crippen LogP contribution in [0.3, 0.4) is 0 Å². The Hall–Kier alpha value is -0.790. The topological polar surface area (TPSA) is 35.1 Å². The maximum atomic E-state index is 11.7. The van der Waals surface area contributed by atoms with Gasteiger partial charge in [-0.1, -0.05) is 6.07 Å². The van der Waals surface area contributed by atoms with Gasteiger partial charge in [0.05, 0.1) is 13.8 Å². The average molecular weight is 420 g/mol. The lowest BCUT2D eigenvalue weighted by molar-refractivity contribution is 0.513. The minimum absolute atomic E-state index is 0.227. The Balaban J connectivity index is 2.07. The highest BCUT2D eigenvalue weighted by Crippen LogP contribution is 2.33. The average Bonchev–Trinajstić information content (AvgIpc) is 2.99. The molecule has 0 spiro atoms. The Morgan fingerprint density at radius 2 is 2.20 bits per heavy atom. The highest BCUT2D eigenvalue weighted by atomic mass is 127. The third-order valence-corrected chi connectivity index (χ3v) is 5.49. The first-order valence-electron chi connectivity index (χ1n) is 6.11. The molecule has 0 aliphatic carbocycles. The molecule has 0 amide bonds. The molecule has 1 atom stereocenters. The van der Waals surface area contributed by atoms with Gasteiger partial charge in [-0.25, -0.2) is 4.79 Å². The van der Waals surface area contributed by atoms with Crippen LogP contribution >= 0.6 is 45.5 Å². The number of hydrogen-bond donors (Lipinski definition) is 0. The van der Waals surface area contributed by atoms with E-state index in [1.807, 2.05) is 25.1 Å². The van der Waals surface area contributed by atoms with E-state index in [-0.39, 0.29) is 11.1 Å². The van der Waals surface area contributed by atoms with Crippen LogP contribution in [0.1, 0.15) is 23.4 Å². The van der Waals surface area contributed by atoms with Crippen LogP contribution in [-0.2, 0) is 6.54 Å². The molecule has 2 aromatic heterocycles. The number of aromatic nitrogens is 1. The number of fused-ring (bicyclic) bond motifs is 1. The lowest BCUT2D eigenvalue weighted by Gasteiger charge is -2.07. The second-order valence-electron chi connectivity index (χ2n) is 4.39. The fraction of sp³-hybridized carbons (Fsp3) is 0.214. The fourth-order valence-electron chi connectivity index (χ4n) is 2.19. The Labute approximate surface area is 138 Å². The Bertz CT molecular complexity index is 820. The molecule has 3 nitrogen and oxygen atoms in total. The van der Waals surface area contributed by atoms with Gasteiger partial charge in [-0.2, -0.15) is 0 Å². The summed E-state index contributed by atoms with van der Waals surface area (Å²) < 4.78 is 8.08. The van der Waals surface area contributed by atoms with E-state index in [0.29, 0.717) is 12.1 Å². The molecule has 0 fully saturated rings. The molecule has 3 aromatic rings. The summed E-state index contributed by atoms with van der Waals surface area (Å²) in [7, 11) is 0. The molecule has 1 aromatic carbocycles. The lowest BCUT2D eigenvalue weighted by Crippen LogP contribution is -2.11. The summed E-state index contributed by atoms with van der Waals surface area (Å²) in [5.41, 5.74) is 3.40. The summed E-state index contributed by atoms with van der Waals surface area (Å²) in [4.78, 5) is 11.7. The van der Waals surface area contributed by atoms with Crippen molar-refractivity contribution in [2.24, 2.45) is 0 Å². The standard InChI is InChI=1S/C14H11ClINO2S/c1-2-17-10-4-3-8(5-11(10)19-14(17)18)13(15)9-6-12(16)20-7-9/h3-7,13H,2H2,1H3. The van der Waals surface area contributed by atoms with Crippen molar-refractivity contribution in [1.82, 2.24) is 4.57 Å². The number of aryl methyl sites for hydroxylation is 1. The van der Waals surface area contributed by atoms with E-state index in [1.54, 1.807) is 15.9 Å². The van der Waals surface area contributed by atoms with Crippen LogP contribution < -0.4 is 5.76 Å². The molecule has 1 unspecified atom stereocenters. The molecule has 20 heavy (non-hydrogen) atoms. The number of halogens is 2. The molecule has 3 rings (SSSR count). The van der Waals surface area contributed by atoms with Crippen LogP contribution in [0.25, 0.3) is 11.1 Å². The third-order valence-electron chi connectivity index (χ3n) is 3.18. The second-order valence-corrected chi connectivity index (χ2v) is 7.63. The van der Waals surface area contributed by atoms with Gasteiger partial charge in [0.2, 0.25) is 0 Å². The van der Waals surface area contributed by atoms with E-state index in [2.05, 4.69) is 34.0 Å². The fourth-order valence-corrected chi connectivity index (χ4v) is 3.92. The zero-order chi connectivity index (χ0) is 14.3. The number of thiophene rings is 1. The van der Waals surface area contributed by atoms with Gasteiger partial charge in [-0.05, 0) is 64.2 Å². The molecule has 0 aliphatic rings. The third kappa shape index (κ3) is 2.42. The molecule has 0 N–H and O–H groups in total. The van der Waals surface area contributed by atoms with E-state index in [4.69, 9.17) is 16.0 Å². The SMILES string of the molecule is CCn1c(=O)oc2cc(C(Cl)c3csc(I)c3)ccc21. The van der Waals surface area contributed by atoms with Gasteiger partial charge in [-0.3, -0.25) is 4.57 Å². The van der Waals surface area contributed by atoms with Crippen molar-refractivity contribution in [2.45, 2.75) is 18.8 Å². The van der Waals surface area contributed by atoms with Gasteiger partial charge in [0.15, 0.2) is 5.58 Å². The van der Waals surface area contributed by atoms with Crippen molar-refractivity contribution in [2.75, 3.05) is 0 Å². The van der Waals surface area contributed by atoms with E-state index >= 15 is 0 Å². The van der Waals surface area contributed by atoms with Crippen LogP contribution in [0.5, 0.6) is 0 Å². The Kier molecular flexibility index (Phi) is 3.92. The maximum absolute atomic E-state index is 11.7. The number of alkyl halides is 1. The van der Waals surface area contributed by atoms with Crippen LogP contribution in [0.4, 0.5) is 0 Å². The first-order valence-corrected chi connectivity index (χ1v) is 8.51. The zero-order valence-electron chi connectivity index (χ0n) is 10.6. The highest BCUT2D eigenvalue weighted by molar-refractivity contribution is 14.1. The maximum Gasteiger partial charge on any atom is 0.419 e. The van der Waals surface area contributed by atoms with E-state index in [0.717, 1.165) is 16.6 Å². The zero-order valence-corrected chi connectivity index (χ0v) is 14.3. The van der Waals surface area contributed by atoms with Crippen molar-refractivity contribution >= 4 is 56.6 Å². The van der Waals surface area contributed by atoms with Gasteiger partial charge in [0.1, 0.15) is 0 Å². The van der Waals surface area contributed by atoms with Crippen LogP contribution in [0, 0.1) is 2.88 Å². The number of hydrogen-bond acceptors (Lipinski definition) is 3. The molecule has 104 valence electrons. The predicted octanol–water partition coefficient (Wildman–Crippen LogP) is 4.61. The molecule has 0 radical (unpaired) electrons. The largest absolute Gasteiger partial charge is 0.419 e. The van der Waals surface area contributed by atoms with E-state index in [9.17, 15) is 4.79 Å². The van der Waals surface area contributed by atoms with Crippen molar-refractivity contribution in [3.63, 3.8) is 0 Å². The van der Waals surface area contributed by atoms with Crippen LogP contribution in [0.2, 0.25) is 0 Å². The van der Waals surface area contributed by atoms with Gasteiger partial charge in [0, 0.05) is 6.54 Å². The van der Waals surface area contributed by atoms with Gasteiger partial charge >= 0.3 is 5.76 Å². The summed E-state index contributed by atoms with van der Waals surface area (Å²) in [6.07, 6.45) is 0. The quantitative estimate of drug-likeness (QED) is 0.459. The van der Waals surface area contributed by atoms with E-state index < -0.39 is 0 Å². The van der Waals surface area contributed by atoms with Crippen LogP contribution in [-0.4, -0.2) is 4.57 Å². The Morgan fingerprint density at radius 3 is 2.85 bits per heavy atom. The molecule has 0 saturated carbocycles. The van der Waals surface area contributed by atoms with E-state index in [1.165, 1.54) is 2.88 Å². The number of oxazole rings is 1. The summed E-state index contributed by atoms with van der Waals surface area (Å²) in [5, 5.41) is 1.83. The summed E-state index contributed by atoms with van der Waals surface area (Å²) in [6, 6.07) is 7.77. The molecule has 0 aliphatic heterocycles. The smallest absolute Gasteiger partial charge is 0.408 e. The van der Waals surface area contributed by atoms with Gasteiger partial charge < -0.3 is 4.42 Å². The molecule has 0 bridgehead atoms. The van der Waals surface area contributed by atoms with Gasteiger partial charge in [-0.15, -0.1) is 22.9 Å². The monoisotopic (exact) mass is 419 g/mol. The van der Waals surface area contributed by atoms with Crippen molar-refractivity contribution in [3.05, 3.63) is 54.2 Å². The molecule has 0 saturated heterocycles. The van der Waals surface area contributed by atoms with Crippen molar-refractivity contribution < 1.29 is 4.42 Å². The predicted molar refractivity (Wildman–Crippen MR) is 90.9 cm³/mol. The summed E-state index contributed by atoms with van der Waals surface area (Å²) in [5.74, 6) is -0.323. The van der Waals surface area contributed by atoms with Crippen molar-refractivity contribution in [1.29, 1.82) is 0 Å². The highest BCUT2D eigenvalue weighted by Gasteiger charge is 2.15. The molecular formula is C14H11ClINO2S. The number of nitrogens with zero attached hydrogens (tertiary/aromatic N) is 1. The molecular weight excluding hydrogens is 409 g/mol. The van der Waals surface area contributed by atoms with Crippen molar-refractivity contribution in [3.8, 4) is 0 Å². The summed E-state index contributed by atoms with van der Waals surface area (Å²) in [6.45, 7) is 2.51. The molecule has 2 heterocycles. The first-order chi connectivity index (χ1) is 9.60. The number of benzene rings is 1. The minimum atomic E-state index is -0.323. The van der Waals surface area contributed by atoms with Gasteiger partial charge in [0.25, 0.3) is 0 Å². The van der Waals surface area contributed by atoms with Crippen LogP contribution in [0.15, 0.2) is 38.9 Å². The molecule has 6 heteroatoms. The lowest BCUT2D eigenvalue weighted by atomic mass is 10.1. The summed E-state index contributed by atoms with van der Waals surface area (Å²) >= 11 is 10.4. The number of rotatable bonds is 3. The second kappa shape index (κ2) is 5.54. The normalized spacial score (nSPS) is 12.9. The first kappa shape index (κ1) is 14.2.